The summed E-state index contributed by atoms with van der Waals surface area (Å²) in [7, 11) is 1.65. The van der Waals surface area contributed by atoms with Crippen LogP contribution in [0, 0.1) is 5.92 Å². The Morgan fingerprint density at radius 3 is 2.85 bits per heavy atom. The molecule has 1 aromatic carbocycles. The molecular formula is C20H30N2O4. The summed E-state index contributed by atoms with van der Waals surface area (Å²) < 4.78 is 16.5. The number of carbonyl (C=O) groups is 1. The van der Waals surface area contributed by atoms with E-state index < -0.39 is 0 Å². The van der Waals surface area contributed by atoms with E-state index in [1.54, 1.807) is 7.11 Å². The highest BCUT2D eigenvalue weighted by molar-refractivity contribution is 5.76. The molecule has 1 unspecified atom stereocenters. The van der Waals surface area contributed by atoms with Crippen LogP contribution in [0.4, 0.5) is 0 Å². The average Bonchev–Trinajstić information content (AvgIpc) is 2.71. The van der Waals surface area contributed by atoms with Gasteiger partial charge in [0.1, 0.15) is 11.5 Å². The number of likely N-dealkylation sites (tertiary alicyclic amines) is 1. The van der Waals surface area contributed by atoms with Crippen LogP contribution >= 0.6 is 0 Å². The standard InChI is InChI=1S/C20H30N2O4/c1-24-18-5-2-6-19(14-18)26-16-17-4-3-8-22(15-17)20(23)7-9-21-10-12-25-13-11-21/h2,5-6,14,17H,3-4,7-13,15-16H2,1H3. The van der Waals surface area contributed by atoms with E-state index in [1.165, 1.54) is 0 Å². The monoisotopic (exact) mass is 362 g/mol. The Hall–Kier alpha value is -1.79. The van der Waals surface area contributed by atoms with Crippen molar-refractivity contribution in [2.24, 2.45) is 5.92 Å². The highest BCUT2D eigenvalue weighted by atomic mass is 16.5. The van der Waals surface area contributed by atoms with Gasteiger partial charge in [-0.3, -0.25) is 9.69 Å². The molecule has 1 amide bonds. The number of hydrogen-bond acceptors (Lipinski definition) is 5. The molecule has 0 saturated carbocycles. The van der Waals surface area contributed by atoms with Crippen molar-refractivity contribution in [3.8, 4) is 11.5 Å². The van der Waals surface area contributed by atoms with E-state index in [-0.39, 0.29) is 5.91 Å². The highest BCUT2D eigenvalue weighted by Crippen LogP contribution is 2.22. The predicted molar refractivity (Wildman–Crippen MR) is 99.7 cm³/mol. The molecule has 0 radical (unpaired) electrons. The van der Waals surface area contributed by atoms with Crippen molar-refractivity contribution in [3.63, 3.8) is 0 Å². The Morgan fingerprint density at radius 1 is 1.23 bits per heavy atom. The van der Waals surface area contributed by atoms with Gasteiger partial charge in [0.15, 0.2) is 0 Å². The number of amides is 1. The number of nitrogens with zero attached hydrogens (tertiary/aromatic N) is 2. The lowest BCUT2D eigenvalue weighted by Crippen LogP contribution is -2.44. The Morgan fingerprint density at radius 2 is 2.04 bits per heavy atom. The van der Waals surface area contributed by atoms with Gasteiger partial charge < -0.3 is 19.1 Å². The van der Waals surface area contributed by atoms with Crippen LogP contribution in [0.25, 0.3) is 0 Å². The third-order valence-electron chi connectivity index (χ3n) is 5.14. The molecule has 3 rings (SSSR count). The summed E-state index contributed by atoms with van der Waals surface area (Å²) in [6.45, 7) is 6.57. The number of piperidine rings is 1. The highest BCUT2D eigenvalue weighted by Gasteiger charge is 2.24. The van der Waals surface area contributed by atoms with Gasteiger partial charge in [0.2, 0.25) is 5.91 Å². The quantitative estimate of drug-likeness (QED) is 0.743. The molecule has 1 aromatic rings. The zero-order valence-electron chi connectivity index (χ0n) is 15.7. The van der Waals surface area contributed by atoms with Crippen LogP contribution in [-0.2, 0) is 9.53 Å². The van der Waals surface area contributed by atoms with Crippen LogP contribution in [0.5, 0.6) is 11.5 Å². The number of benzene rings is 1. The molecule has 0 N–H and O–H groups in total. The molecule has 2 heterocycles. The molecule has 0 bridgehead atoms. The van der Waals surface area contributed by atoms with Crippen LogP contribution in [-0.4, -0.2) is 75.4 Å². The second-order valence-electron chi connectivity index (χ2n) is 7.04. The molecule has 6 heteroatoms. The molecule has 2 saturated heterocycles. The minimum absolute atomic E-state index is 0.266. The maximum absolute atomic E-state index is 12.6. The number of carbonyl (C=O) groups excluding carboxylic acids is 1. The molecule has 2 fully saturated rings. The maximum atomic E-state index is 12.6. The van der Waals surface area contributed by atoms with Crippen molar-refractivity contribution in [2.45, 2.75) is 19.3 Å². The molecule has 0 spiro atoms. The van der Waals surface area contributed by atoms with Crippen molar-refractivity contribution < 1.29 is 19.0 Å². The van der Waals surface area contributed by atoms with Gasteiger partial charge in [0.25, 0.3) is 0 Å². The molecular weight excluding hydrogens is 332 g/mol. The largest absolute Gasteiger partial charge is 0.497 e. The molecule has 26 heavy (non-hydrogen) atoms. The summed E-state index contributed by atoms with van der Waals surface area (Å²) in [5.41, 5.74) is 0. The molecule has 0 aromatic heterocycles. The number of rotatable bonds is 7. The Bertz CT molecular complexity index is 575. The zero-order chi connectivity index (χ0) is 18.2. The van der Waals surface area contributed by atoms with E-state index in [0.717, 1.165) is 70.3 Å². The number of ether oxygens (including phenoxy) is 3. The summed E-state index contributed by atoms with van der Waals surface area (Å²) >= 11 is 0. The first kappa shape index (κ1) is 19.0. The fourth-order valence-electron chi connectivity index (χ4n) is 3.57. The lowest BCUT2D eigenvalue weighted by atomic mass is 9.98. The van der Waals surface area contributed by atoms with Crippen LogP contribution < -0.4 is 9.47 Å². The number of methoxy groups -OCH3 is 1. The van der Waals surface area contributed by atoms with E-state index >= 15 is 0 Å². The first-order valence-corrected chi connectivity index (χ1v) is 9.59. The van der Waals surface area contributed by atoms with Gasteiger partial charge in [-0.2, -0.15) is 0 Å². The molecule has 144 valence electrons. The normalized spacial score (nSPS) is 21.4. The van der Waals surface area contributed by atoms with Crippen molar-refractivity contribution in [3.05, 3.63) is 24.3 Å². The molecule has 2 aliphatic heterocycles. The Kier molecular flexibility index (Phi) is 7.14. The van der Waals surface area contributed by atoms with Crippen molar-refractivity contribution in [1.29, 1.82) is 0 Å². The molecule has 2 aliphatic rings. The van der Waals surface area contributed by atoms with Gasteiger partial charge >= 0.3 is 0 Å². The lowest BCUT2D eigenvalue weighted by molar-refractivity contribution is -0.133. The number of hydrogen-bond donors (Lipinski definition) is 0. The maximum Gasteiger partial charge on any atom is 0.223 e. The summed E-state index contributed by atoms with van der Waals surface area (Å²) in [6, 6.07) is 7.67. The first-order valence-electron chi connectivity index (χ1n) is 9.59. The van der Waals surface area contributed by atoms with E-state index in [0.29, 0.717) is 18.9 Å². The predicted octanol–water partition coefficient (Wildman–Crippen LogP) is 2.03. The van der Waals surface area contributed by atoms with Crippen molar-refractivity contribution >= 4 is 5.91 Å². The topological polar surface area (TPSA) is 51.2 Å². The van der Waals surface area contributed by atoms with Gasteiger partial charge in [0, 0.05) is 51.1 Å². The Labute approximate surface area is 156 Å². The van der Waals surface area contributed by atoms with E-state index in [1.807, 2.05) is 29.2 Å². The average molecular weight is 362 g/mol. The number of morpholine rings is 1. The van der Waals surface area contributed by atoms with Crippen LogP contribution in [0.3, 0.4) is 0 Å². The van der Waals surface area contributed by atoms with Crippen LogP contribution in [0.15, 0.2) is 24.3 Å². The van der Waals surface area contributed by atoms with Crippen LogP contribution in [0.2, 0.25) is 0 Å². The second-order valence-corrected chi connectivity index (χ2v) is 7.04. The van der Waals surface area contributed by atoms with E-state index in [4.69, 9.17) is 14.2 Å². The second kappa shape index (κ2) is 9.78. The molecule has 1 atom stereocenters. The van der Waals surface area contributed by atoms with Crippen molar-refractivity contribution in [1.82, 2.24) is 9.80 Å². The smallest absolute Gasteiger partial charge is 0.223 e. The SMILES string of the molecule is COc1cccc(OCC2CCCN(C(=O)CCN3CCOCC3)C2)c1. The summed E-state index contributed by atoms with van der Waals surface area (Å²) in [5, 5.41) is 0. The fraction of sp³-hybridized carbons (Fsp3) is 0.650. The fourth-order valence-corrected chi connectivity index (χ4v) is 3.57. The van der Waals surface area contributed by atoms with Crippen LogP contribution in [0.1, 0.15) is 19.3 Å². The van der Waals surface area contributed by atoms with Gasteiger partial charge in [-0.15, -0.1) is 0 Å². The first-order chi connectivity index (χ1) is 12.7. The third kappa shape index (κ3) is 5.61. The summed E-state index contributed by atoms with van der Waals surface area (Å²) in [4.78, 5) is 16.9. The Balaban J connectivity index is 1.42. The van der Waals surface area contributed by atoms with E-state index in [2.05, 4.69) is 4.90 Å². The van der Waals surface area contributed by atoms with Crippen molar-refractivity contribution in [2.75, 3.05) is 59.7 Å². The van der Waals surface area contributed by atoms with Gasteiger partial charge in [-0.25, -0.2) is 0 Å². The summed E-state index contributed by atoms with van der Waals surface area (Å²) in [5.74, 6) is 2.27. The van der Waals surface area contributed by atoms with Gasteiger partial charge in [-0.1, -0.05) is 6.07 Å². The minimum Gasteiger partial charge on any atom is -0.497 e. The van der Waals surface area contributed by atoms with Gasteiger partial charge in [0.05, 0.1) is 26.9 Å². The summed E-state index contributed by atoms with van der Waals surface area (Å²) in [6.07, 6.45) is 2.76. The molecule has 0 aliphatic carbocycles. The zero-order valence-corrected chi connectivity index (χ0v) is 15.7. The molecule has 6 nitrogen and oxygen atoms in total. The third-order valence-corrected chi connectivity index (χ3v) is 5.14. The minimum atomic E-state index is 0.266. The van der Waals surface area contributed by atoms with Gasteiger partial charge in [-0.05, 0) is 25.0 Å². The lowest BCUT2D eigenvalue weighted by Gasteiger charge is -2.33. The van der Waals surface area contributed by atoms with E-state index in [9.17, 15) is 4.79 Å².